The van der Waals surface area contributed by atoms with Gasteiger partial charge in [0.05, 0.1) is 17.2 Å². The number of amides is 3. The molecular weight excluding hydrogens is 450 g/mol. The lowest BCUT2D eigenvalue weighted by atomic mass is 9.96. The van der Waals surface area contributed by atoms with E-state index < -0.39 is 6.04 Å². The van der Waals surface area contributed by atoms with Crippen LogP contribution in [0.5, 0.6) is 0 Å². The van der Waals surface area contributed by atoms with E-state index in [1.807, 2.05) is 30.9 Å². The Hall–Kier alpha value is -3.77. The first-order valence-electron chi connectivity index (χ1n) is 12.6. The molecule has 1 saturated heterocycles. The van der Waals surface area contributed by atoms with Gasteiger partial charge >= 0.3 is 0 Å². The molecule has 0 aliphatic carbocycles. The highest BCUT2D eigenvalue weighted by atomic mass is 16.2. The van der Waals surface area contributed by atoms with Crippen LogP contribution in [0.4, 0.5) is 0 Å². The van der Waals surface area contributed by atoms with Crippen LogP contribution < -0.4 is 0 Å². The second kappa shape index (κ2) is 10.1. The number of imide groups is 1. The van der Waals surface area contributed by atoms with Crippen LogP contribution in [0, 0.1) is 5.92 Å². The number of hydrogen-bond donors (Lipinski definition) is 0. The average molecular weight is 482 g/mol. The number of rotatable bonds is 6. The molecule has 0 bridgehead atoms. The molecule has 6 heteroatoms. The summed E-state index contributed by atoms with van der Waals surface area (Å²) in [5.74, 6) is -1.11. The molecule has 1 atom stereocenters. The van der Waals surface area contributed by atoms with E-state index in [1.54, 1.807) is 24.3 Å². The zero-order chi connectivity index (χ0) is 25.2. The summed E-state index contributed by atoms with van der Waals surface area (Å²) in [6, 6.07) is 26.9. The second-order valence-electron chi connectivity index (χ2n) is 9.80. The molecule has 1 unspecified atom stereocenters. The van der Waals surface area contributed by atoms with Crippen molar-refractivity contribution < 1.29 is 14.4 Å². The fraction of sp³-hybridized carbons (Fsp3) is 0.300. The quantitative estimate of drug-likeness (QED) is 0.494. The molecule has 184 valence electrons. The van der Waals surface area contributed by atoms with Crippen LogP contribution in [-0.2, 0) is 4.79 Å². The van der Waals surface area contributed by atoms with Crippen LogP contribution >= 0.6 is 0 Å². The van der Waals surface area contributed by atoms with Crippen LogP contribution in [0.3, 0.4) is 0 Å². The van der Waals surface area contributed by atoms with Gasteiger partial charge in [0.2, 0.25) is 5.91 Å². The molecule has 5 rings (SSSR count). The maximum atomic E-state index is 13.7. The van der Waals surface area contributed by atoms with Crippen molar-refractivity contribution in [3.05, 3.63) is 107 Å². The van der Waals surface area contributed by atoms with E-state index in [-0.39, 0.29) is 29.7 Å². The number of fused-ring (bicyclic) bond motifs is 1. The molecule has 0 aromatic heterocycles. The molecule has 2 heterocycles. The molecule has 3 amide bonds. The summed E-state index contributed by atoms with van der Waals surface area (Å²) >= 11 is 0. The minimum atomic E-state index is -0.817. The van der Waals surface area contributed by atoms with Gasteiger partial charge in [-0.05, 0) is 29.2 Å². The molecule has 0 saturated carbocycles. The Labute approximate surface area is 212 Å². The minimum absolute atomic E-state index is 0.0989. The fourth-order valence-electron chi connectivity index (χ4n) is 5.43. The predicted molar refractivity (Wildman–Crippen MR) is 138 cm³/mol. The van der Waals surface area contributed by atoms with E-state index in [1.165, 1.54) is 16.0 Å². The zero-order valence-electron chi connectivity index (χ0n) is 20.7. The highest BCUT2D eigenvalue weighted by Crippen LogP contribution is 2.31. The SMILES string of the molecule is CC(C)C(C(=O)N1CCN(C(c2ccccc2)c2ccccc2)CC1)N1C(=O)c2ccccc2C1=O. The van der Waals surface area contributed by atoms with E-state index in [0.717, 1.165) is 0 Å². The van der Waals surface area contributed by atoms with Crippen molar-refractivity contribution in [2.45, 2.75) is 25.9 Å². The highest BCUT2D eigenvalue weighted by Gasteiger charge is 2.45. The average Bonchev–Trinajstić information content (AvgIpc) is 3.16. The molecule has 36 heavy (non-hydrogen) atoms. The monoisotopic (exact) mass is 481 g/mol. The van der Waals surface area contributed by atoms with Crippen LogP contribution in [-0.4, -0.2) is 64.6 Å². The molecular formula is C30H31N3O3. The van der Waals surface area contributed by atoms with Crippen molar-refractivity contribution in [3.8, 4) is 0 Å². The Bertz CT molecular complexity index is 1180. The number of carbonyl (C=O) groups excluding carboxylic acids is 3. The van der Waals surface area contributed by atoms with E-state index in [4.69, 9.17) is 0 Å². The lowest BCUT2D eigenvalue weighted by molar-refractivity contribution is -0.138. The van der Waals surface area contributed by atoms with E-state index in [0.29, 0.717) is 37.3 Å². The molecule has 3 aromatic rings. The molecule has 0 N–H and O–H groups in total. The van der Waals surface area contributed by atoms with Gasteiger partial charge in [-0.3, -0.25) is 24.2 Å². The predicted octanol–water partition coefficient (Wildman–Crippen LogP) is 4.24. The molecule has 3 aromatic carbocycles. The molecule has 2 aliphatic rings. The van der Waals surface area contributed by atoms with E-state index in [9.17, 15) is 14.4 Å². The Morgan fingerprint density at radius 3 is 1.56 bits per heavy atom. The molecule has 2 aliphatic heterocycles. The highest BCUT2D eigenvalue weighted by molar-refractivity contribution is 6.22. The van der Waals surface area contributed by atoms with Gasteiger partial charge in [-0.2, -0.15) is 0 Å². The second-order valence-corrected chi connectivity index (χ2v) is 9.80. The summed E-state index contributed by atoms with van der Waals surface area (Å²) in [6.07, 6.45) is 0. The van der Waals surface area contributed by atoms with Crippen LogP contribution in [0.1, 0.15) is 51.7 Å². The first kappa shape index (κ1) is 23.9. The first-order valence-corrected chi connectivity index (χ1v) is 12.6. The fourth-order valence-corrected chi connectivity index (χ4v) is 5.43. The molecule has 1 fully saturated rings. The number of nitrogens with zero attached hydrogens (tertiary/aromatic N) is 3. The summed E-state index contributed by atoms with van der Waals surface area (Å²) < 4.78 is 0. The molecule has 0 radical (unpaired) electrons. The topological polar surface area (TPSA) is 60.9 Å². The Morgan fingerprint density at radius 1 is 0.667 bits per heavy atom. The number of hydrogen-bond acceptors (Lipinski definition) is 4. The van der Waals surface area contributed by atoms with Crippen molar-refractivity contribution in [2.75, 3.05) is 26.2 Å². The van der Waals surface area contributed by atoms with Crippen LogP contribution in [0.15, 0.2) is 84.9 Å². The molecule has 0 spiro atoms. The zero-order valence-corrected chi connectivity index (χ0v) is 20.7. The summed E-state index contributed by atoms with van der Waals surface area (Å²) in [6.45, 7) is 6.27. The summed E-state index contributed by atoms with van der Waals surface area (Å²) in [4.78, 5) is 45.4. The van der Waals surface area contributed by atoms with Gasteiger partial charge in [-0.1, -0.05) is 86.6 Å². The number of benzene rings is 3. The Balaban J connectivity index is 1.34. The van der Waals surface area contributed by atoms with Crippen molar-refractivity contribution in [3.63, 3.8) is 0 Å². The maximum absolute atomic E-state index is 13.7. The van der Waals surface area contributed by atoms with E-state index >= 15 is 0 Å². The summed E-state index contributed by atoms with van der Waals surface area (Å²) in [5, 5.41) is 0. The smallest absolute Gasteiger partial charge is 0.262 e. The van der Waals surface area contributed by atoms with Gasteiger partial charge in [-0.15, -0.1) is 0 Å². The van der Waals surface area contributed by atoms with Gasteiger partial charge in [0.15, 0.2) is 0 Å². The third-order valence-corrected chi connectivity index (χ3v) is 7.21. The lowest BCUT2D eigenvalue weighted by Gasteiger charge is -2.42. The van der Waals surface area contributed by atoms with Gasteiger partial charge in [0, 0.05) is 26.2 Å². The van der Waals surface area contributed by atoms with Crippen molar-refractivity contribution >= 4 is 17.7 Å². The Morgan fingerprint density at radius 2 is 1.11 bits per heavy atom. The van der Waals surface area contributed by atoms with Crippen LogP contribution in [0.25, 0.3) is 0 Å². The first-order chi connectivity index (χ1) is 17.5. The maximum Gasteiger partial charge on any atom is 0.262 e. The van der Waals surface area contributed by atoms with Gasteiger partial charge in [-0.25, -0.2) is 0 Å². The van der Waals surface area contributed by atoms with Crippen molar-refractivity contribution in [1.82, 2.24) is 14.7 Å². The van der Waals surface area contributed by atoms with Gasteiger partial charge < -0.3 is 4.90 Å². The van der Waals surface area contributed by atoms with Gasteiger partial charge in [0.25, 0.3) is 11.8 Å². The van der Waals surface area contributed by atoms with E-state index in [2.05, 4.69) is 53.4 Å². The van der Waals surface area contributed by atoms with Crippen molar-refractivity contribution in [1.29, 1.82) is 0 Å². The largest absolute Gasteiger partial charge is 0.338 e. The van der Waals surface area contributed by atoms with Crippen molar-refractivity contribution in [2.24, 2.45) is 5.92 Å². The van der Waals surface area contributed by atoms with Crippen LogP contribution in [0.2, 0.25) is 0 Å². The third-order valence-electron chi connectivity index (χ3n) is 7.21. The summed E-state index contributed by atoms with van der Waals surface area (Å²) in [7, 11) is 0. The third kappa shape index (κ3) is 4.33. The number of piperazine rings is 1. The Kier molecular flexibility index (Phi) is 6.70. The molecule has 6 nitrogen and oxygen atoms in total. The summed E-state index contributed by atoms with van der Waals surface area (Å²) in [5.41, 5.74) is 3.18. The normalized spacial score (nSPS) is 17.1. The minimum Gasteiger partial charge on any atom is -0.338 e. The standard InChI is InChI=1S/C30H31N3O3/c1-21(2)26(33-28(34)24-15-9-10-16-25(24)29(33)35)30(36)32-19-17-31(18-20-32)27(22-11-5-3-6-12-22)23-13-7-4-8-14-23/h3-16,21,26-27H,17-20H2,1-2H3. The number of carbonyl (C=O) groups is 3. The lowest BCUT2D eigenvalue weighted by Crippen LogP contribution is -2.57. The van der Waals surface area contributed by atoms with Gasteiger partial charge in [0.1, 0.15) is 6.04 Å².